The van der Waals surface area contributed by atoms with Crippen LogP contribution in [0.15, 0.2) is 60.7 Å². The predicted molar refractivity (Wildman–Crippen MR) is 129 cm³/mol. The Morgan fingerprint density at radius 1 is 0.833 bits per heavy atom. The molecule has 0 bridgehead atoms. The molecule has 0 spiro atoms. The molecule has 8 heteroatoms. The third-order valence-corrected chi connectivity index (χ3v) is 6.93. The van der Waals surface area contributed by atoms with Crippen LogP contribution >= 0.6 is 21.6 Å². The number of H-pyrrole nitrogens is 2. The van der Waals surface area contributed by atoms with Gasteiger partial charge in [-0.2, -0.15) is 0 Å². The molecule has 6 nitrogen and oxygen atoms in total. The molecule has 0 saturated heterocycles. The molecule has 0 aliphatic carbocycles. The molecular formula is C22H26N4O2S2. The lowest BCUT2D eigenvalue weighted by atomic mass is 10.0. The van der Waals surface area contributed by atoms with E-state index in [-0.39, 0.29) is 0 Å². The van der Waals surface area contributed by atoms with Crippen LogP contribution in [0, 0.1) is 0 Å². The van der Waals surface area contributed by atoms with E-state index in [1.807, 2.05) is 60.7 Å². The third kappa shape index (κ3) is 5.60. The van der Waals surface area contributed by atoms with Crippen molar-refractivity contribution >= 4 is 49.4 Å². The minimum absolute atomic E-state index is 0.681. The first-order valence-electron chi connectivity index (χ1n) is 9.66. The molecule has 0 atom stereocenters. The summed E-state index contributed by atoms with van der Waals surface area (Å²) in [7, 11) is 3.58. The van der Waals surface area contributed by atoms with Crippen molar-refractivity contribution in [1.82, 2.24) is 9.97 Å². The quantitative estimate of drug-likeness (QED) is 0.206. The van der Waals surface area contributed by atoms with Gasteiger partial charge in [0, 0.05) is 47.0 Å². The van der Waals surface area contributed by atoms with Crippen LogP contribution in [0.4, 0.5) is 0 Å². The second-order valence-corrected chi connectivity index (χ2v) is 9.32. The van der Waals surface area contributed by atoms with Crippen LogP contribution in [-0.2, 0) is 4.79 Å². The van der Waals surface area contributed by atoms with E-state index in [9.17, 15) is 9.90 Å². The zero-order valence-electron chi connectivity index (χ0n) is 16.5. The molecule has 0 radical (unpaired) electrons. The summed E-state index contributed by atoms with van der Waals surface area (Å²) in [5.74, 6) is 0.452. The maximum atomic E-state index is 11.8. The third-order valence-electron chi connectivity index (χ3n) is 4.46. The maximum Gasteiger partial charge on any atom is 0.318 e. The van der Waals surface area contributed by atoms with Gasteiger partial charge >= 0.3 is 5.97 Å². The Hall–Kier alpha value is -2.39. The highest BCUT2D eigenvalue weighted by molar-refractivity contribution is 8.76. The number of aliphatic carboxylic acids is 1. The van der Waals surface area contributed by atoms with Gasteiger partial charge in [-0.05, 0) is 35.0 Å². The first-order chi connectivity index (χ1) is 14.6. The summed E-state index contributed by atoms with van der Waals surface area (Å²) in [4.78, 5) is 18.3. The lowest BCUT2D eigenvalue weighted by Crippen LogP contribution is -2.13. The van der Waals surface area contributed by atoms with E-state index >= 15 is 0 Å². The zero-order valence-corrected chi connectivity index (χ0v) is 18.1. The van der Waals surface area contributed by atoms with Gasteiger partial charge in [0.2, 0.25) is 0 Å². The maximum absolute atomic E-state index is 11.8. The molecule has 0 aliphatic rings. The van der Waals surface area contributed by atoms with E-state index < -0.39 is 11.9 Å². The molecule has 2 heterocycles. The topological polar surface area (TPSA) is 121 Å². The molecule has 4 rings (SSSR count). The number of carbonyl (C=O) groups is 1. The number of carboxylic acid groups (broad SMARTS) is 1. The molecule has 0 unspecified atom stereocenters. The number of aromatic nitrogens is 2. The highest BCUT2D eigenvalue weighted by atomic mass is 33.1. The zero-order chi connectivity index (χ0) is 21.3. The average molecular weight is 443 g/mol. The van der Waals surface area contributed by atoms with Crippen molar-refractivity contribution in [3.05, 3.63) is 72.1 Å². The number of hydrogen-bond acceptors (Lipinski definition) is 5. The Labute approximate surface area is 183 Å². The van der Waals surface area contributed by atoms with Crippen LogP contribution in [0.2, 0.25) is 0 Å². The van der Waals surface area contributed by atoms with Gasteiger partial charge in [-0.25, -0.2) is 0 Å². The van der Waals surface area contributed by atoms with Crippen LogP contribution in [0.1, 0.15) is 17.3 Å². The fraction of sp³-hybridized carbons (Fsp3) is 0.227. The molecular weight excluding hydrogens is 416 g/mol. The summed E-state index contributed by atoms with van der Waals surface area (Å²) in [5.41, 5.74) is 13.7. The molecule has 2 aromatic heterocycles. The SMILES string of the molecule is NCCSSCCN.O=C(O)C(c1cc2ccccc2[nH]1)c1cc2ccccc2[nH]1. The Bertz CT molecular complexity index is 947. The van der Waals surface area contributed by atoms with Crippen molar-refractivity contribution in [3.63, 3.8) is 0 Å². The lowest BCUT2D eigenvalue weighted by molar-refractivity contribution is -0.137. The number of hydrogen-bond donors (Lipinski definition) is 5. The van der Waals surface area contributed by atoms with Crippen LogP contribution in [0.5, 0.6) is 0 Å². The summed E-state index contributed by atoms with van der Waals surface area (Å²) in [6.07, 6.45) is 0. The van der Waals surface area contributed by atoms with Gasteiger partial charge in [-0.15, -0.1) is 0 Å². The van der Waals surface area contributed by atoms with Gasteiger partial charge in [0.05, 0.1) is 0 Å². The Morgan fingerprint density at radius 3 is 1.63 bits per heavy atom. The summed E-state index contributed by atoms with van der Waals surface area (Å²) < 4.78 is 0. The van der Waals surface area contributed by atoms with Gasteiger partial charge < -0.3 is 26.5 Å². The van der Waals surface area contributed by atoms with Crippen molar-refractivity contribution in [2.45, 2.75) is 5.92 Å². The Balaban J connectivity index is 0.000000275. The van der Waals surface area contributed by atoms with E-state index in [1.165, 1.54) is 0 Å². The molecule has 7 N–H and O–H groups in total. The van der Waals surface area contributed by atoms with Crippen molar-refractivity contribution < 1.29 is 9.90 Å². The predicted octanol–water partition coefficient (Wildman–Crippen LogP) is 4.15. The summed E-state index contributed by atoms with van der Waals surface area (Å²) in [6, 6.07) is 19.4. The molecule has 4 aromatic rings. The number of nitrogens with one attached hydrogen (secondary N) is 2. The molecule has 2 aromatic carbocycles. The monoisotopic (exact) mass is 442 g/mol. The van der Waals surface area contributed by atoms with Gasteiger partial charge in [-0.3, -0.25) is 4.79 Å². The molecule has 158 valence electrons. The Morgan fingerprint density at radius 2 is 1.27 bits per heavy atom. The van der Waals surface area contributed by atoms with E-state index in [2.05, 4.69) is 9.97 Å². The largest absolute Gasteiger partial charge is 0.480 e. The van der Waals surface area contributed by atoms with Crippen molar-refractivity contribution in [1.29, 1.82) is 0 Å². The van der Waals surface area contributed by atoms with E-state index in [4.69, 9.17) is 11.5 Å². The number of aromatic amines is 2. The van der Waals surface area contributed by atoms with Crippen LogP contribution in [0.3, 0.4) is 0 Å². The highest BCUT2D eigenvalue weighted by Crippen LogP contribution is 2.29. The number of nitrogens with two attached hydrogens (primary N) is 2. The van der Waals surface area contributed by atoms with E-state index in [0.29, 0.717) is 11.4 Å². The standard InChI is InChI=1S/C18H14N2O2.C4H12N2S2/c21-18(22)17(15-9-11-5-1-3-7-13(11)19-15)16-10-12-6-2-4-8-14(12)20-16;5-1-3-7-8-4-2-6/h1-10,17,19-20H,(H,21,22);1-6H2. The first kappa shape index (κ1) is 22.3. The second-order valence-electron chi connectivity index (χ2n) is 6.62. The fourth-order valence-electron chi connectivity index (χ4n) is 3.15. The molecule has 0 aliphatic heterocycles. The number of rotatable bonds is 8. The first-order valence-corrected chi connectivity index (χ1v) is 12.2. The smallest absolute Gasteiger partial charge is 0.318 e. The van der Waals surface area contributed by atoms with Gasteiger partial charge in [-0.1, -0.05) is 58.0 Å². The highest BCUT2D eigenvalue weighted by Gasteiger charge is 2.25. The fourth-order valence-corrected chi connectivity index (χ4v) is 4.86. The minimum atomic E-state index is -0.877. The van der Waals surface area contributed by atoms with E-state index in [1.54, 1.807) is 21.6 Å². The van der Waals surface area contributed by atoms with E-state index in [0.717, 1.165) is 46.4 Å². The minimum Gasteiger partial charge on any atom is -0.480 e. The summed E-state index contributed by atoms with van der Waals surface area (Å²) >= 11 is 0. The molecule has 30 heavy (non-hydrogen) atoms. The van der Waals surface area contributed by atoms with Gasteiger partial charge in [0.15, 0.2) is 0 Å². The number of para-hydroxylation sites is 2. The molecule has 0 saturated carbocycles. The van der Waals surface area contributed by atoms with Gasteiger partial charge in [0.25, 0.3) is 0 Å². The number of benzene rings is 2. The van der Waals surface area contributed by atoms with Crippen LogP contribution in [0.25, 0.3) is 21.8 Å². The normalized spacial score (nSPS) is 11.0. The van der Waals surface area contributed by atoms with Gasteiger partial charge in [0.1, 0.15) is 5.92 Å². The Kier molecular flexibility index (Phi) is 8.27. The molecule has 0 amide bonds. The van der Waals surface area contributed by atoms with Crippen molar-refractivity contribution in [3.8, 4) is 0 Å². The average Bonchev–Trinajstić information content (AvgIpc) is 3.35. The van der Waals surface area contributed by atoms with Crippen molar-refractivity contribution in [2.24, 2.45) is 11.5 Å². The second kappa shape index (κ2) is 11.1. The van der Waals surface area contributed by atoms with Crippen molar-refractivity contribution in [2.75, 3.05) is 24.6 Å². The number of fused-ring (bicyclic) bond motifs is 2. The summed E-state index contributed by atoms with van der Waals surface area (Å²) in [5, 5.41) is 11.7. The lowest BCUT2D eigenvalue weighted by Gasteiger charge is -2.08. The summed E-state index contributed by atoms with van der Waals surface area (Å²) in [6.45, 7) is 1.53. The van der Waals surface area contributed by atoms with Crippen LogP contribution in [-0.4, -0.2) is 45.6 Å². The van der Waals surface area contributed by atoms with Crippen LogP contribution < -0.4 is 11.5 Å². The number of carboxylic acids is 1. The molecule has 0 fully saturated rings.